The minimum Gasteiger partial charge on any atom is -0.332 e. The average molecular weight is 196 g/mol. The first-order valence-electron chi connectivity index (χ1n) is 5.32. The number of piperazine rings is 1. The first-order chi connectivity index (χ1) is 6.74. The molecule has 78 valence electrons. The molecule has 4 nitrogen and oxygen atoms in total. The van der Waals surface area contributed by atoms with Crippen LogP contribution in [0.4, 0.5) is 0 Å². The van der Waals surface area contributed by atoms with Crippen molar-refractivity contribution in [1.29, 1.82) is 0 Å². The SMILES string of the molecule is CCCN1CC(=O)N2CCCC2C1=O. The topological polar surface area (TPSA) is 40.6 Å². The molecular weight excluding hydrogens is 180 g/mol. The van der Waals surface area contributed by atoms with E-state index in [0.29, 0.717) is 6.54 Å². The number of amides is 2. The van der Waals surface area contributed by atoms with Crippen LogP contribution in [0.5, 0.6) is 0 Å². The number of fused-ring (bicyclic) bond motifs is 1. The van der Waals surface area contributed by atoms with Crippen LogP contribution < -0.4 is 0 Å². The Bertz CT molecular complexity index is 265. The molecule has 2 saturated heterocycles. The van der Waals surface area contributed by atoms with Crippen molar-refractivity contribution in [3.8, 4) is 0 Å². The lowest BCUT2D eigenvalue weighted by Gasteiger charge is -2.36. The lowest BCUT2D eigenvalue weighted by molar-refractivity contribution is -0.153. The van der Waals surface area contributed by atoms with Gasteiger partial charge < -0.3 is 9.80 Å². The molecule has 0 aromatic rings. The third kappa shape index (κ3) is 1.38. The van der Waals surface area contributed by atoms with Crippen LogP contribution in [0, 0.1) is 0 Å². The van der Waals surface area contributed by atoms with Crippen molar-refractivity contribution in [2.45, 2.75) is 32.2 Å². The zero-order valence-electron chi connectivity index (χ0n) is 8.53. The van der Waals surface area contributed by atoms with Gasteiger partial charge in [-0.05, 0) is 19.3 Å². The van der Waals surface area contributed by atoms with Gasteiger partial charge in [-0.15, -0.1) is 0 Å². The maximum Gasteiger partial charge on any atom is 0.245 e. The molecule has 2 amide bonds. The molecule has 0 aromatic carbocycles. The predicted molar refractivity (Wildman–Crippen MR) is 51.6 cm³/mol. The van der Waals surface area contributed by atoms with E-state index in [0.717, 1.165) is 32.4 Å². The Hall–Kier alpha value is -1.06. The third-order valence-corrected chi connectivity index (χ3v) is 2.99. The Morgan fingerprint density at radius 2 is 2.21 bits per heavy atom. The predicted octanol–water partition coefficient (Wildman–Crippen LogP) is 0.230. The normalized spacial score (nSPS) is 27.1. The van der Waals surface area contributed by atoms with Gasteiger partial charge in [-0.1, -0.05) is 6.92 Å². The summed E-state index contributed by atoms with van der Waals surface area (Å²) in [5.74, 6) is 0.282. The molecule has 0 spiro atoms. The molecule has 0 saturated carbocycles. The first-order valence-corrected chi connectivity index (χ1v) is 5.32. The van der Waals surface area contributed by atoms with Gasteiger partial charge in [0.15, 0.2) is 0 Å². The average Bonchev–Trinajstić information content (AvgIpc) is 2.63. The number of hydrogen-bond donors (Lipinski definition) is 0. The molecule has 2 aliphatic rings. The van der Waals surface area contributed by atoms with Gasteiger partial charge in [0.25, 0.3) is 0 Å². The Morgan fingerprint density at radius 1 is 1.43 bits per heavy atom. The summed E-state index contributed by atoms with van der Waals surface area (Å²) in [6.45, 7) is 3.81. The van der Waals surface area contributed by atoms with E-state index < -0.39 is 0 Å². The Labute approximate surface area is 83.9 Å². The molecule has 4 heteroatoms. The van der Waals surface area contributed by atoms with Crippen LogP contribution >= 0.6 is 0 Å². The monoisotopic (exact) mass is 196 g/mol. The Morgan fingerprint density at radius 3 is 2.93 bits per heavy atom. The highest BCUT2D eigenvalue weighted by molar-refractivity contribution is 5.95. The van der Waals surface area contributed by atoms with Crippen LogP contribution in [-0.4, -0.2) is 47.3 Å². The molecule has 0 N–H and O–H groups in total. The van der Waals surface area contributed by atoms with E-state index in [1.807, 2.05) is 6.92 Å². The third-order valence-electron chi connectivity index (χ3n) is 2.99. The summed E-state index contributed by atoms with van der Waals surface area (Å²) in [4.78, 5) is 27.0. The molecule has 2 aliphatic heterocycles. The zero-order chi connectivity index (χ0) is 10.1. The molecule has 0 aliphatic carbocycles. The summed E-state index contributed by atoms with van der Waals surface area (Å²) >= 11 is 0. The van der Waals surface area contributed by atoms with Gasteiger partial charge in [0.2, 0.25) is 11.8 Å². The lowest BCUT2D eigenvalue weighted by atomic mass is 10.1. The van der Waals surface area contributed by atoms with Gasteiger partial charge >= 0.3 is 0 Å². The minimum atomic E-state index is -0.136. The fourth-order valence-corrected chi connectivity index (χ4v) is 2.32. The molecular formula is C10H16N2O2. The van der Waals surface area contributed by atoms with E-state index in [2.05, 4.69) is 0 Å². The summed E-state index contributed by atoms with van der Waals surface area (Å²) in [5, 5.41) is 0. The van der Waals surface area contributed by atoms with Gasteiger partial charge in [0, 0.05) is 13.1 Å². The van der Waals surface area contributed by atoms with E-state index in [-0.39, 0.29) is 17.9 Å². The van der Waals surface area contributed by atoms with E-state index in [1.54, 1.807) is 9.80 Å². The quantitative estimate of drug-likeness (QED) is 0.634. The molecule has 0 radical (unpaired) electrons. The van der Waals surface area contributed by atoms with Gasteiger partial charge in [-0.25, -0.2) is 0 Å². The second-order valence-electron chi connectivity index (χ2n) is 4.00. The van der Waals surface area contributed by atoms with Crippen LogP contribution in [0.15, 0.2) is 0 Å². The Kier molecular flexibility index (Phi) is 2.44. The van der Waals surface area contributed by atoms with E-state index >= 15 is 0 Å². The largest absolute Gasteiger partial charge is 0.332 e. The summed E-state index contributed by atoms with van der Waals surface area (Å²) in [6, 6.07) is -0.136. The summed E-state index contributed by atoms with van der Waals surface area (Å²) in [6.07, 6.45) is 2.75. The van der Waals surface area contributed by atoms with Crippen molar-refractivity contribution in [2.75, 3.05) is 19.6 Å². The highest BCUT2D eigenvalue weighted by atomic mass is 16.2. The van der Waals surface area contributed by atoms with E-state index in [1.165, 1.54) is 0 Å². The number of rotatable bonds is 2. The van der Waals surface area contributed by atoms with E-state index in [4.69, 9.17) is 0 Å². The van der Waals surface area contributed by atoms with Crippen molar-refractivity contribution >= 4 is 11.8 Å². The van der Waals surface area contributed by atoms with Gasteiger partial charge in [0.05, 0.1) is 6.54 Å². The molecule has 0 aromatic heterocycles. The van der Waals surface area contributed by atoms with Crippen LogP contribution in [0.3, 0.4) is 0 Å². The van der Waals surface area contributed by atoms with Gasteiger partial charge in [0.1, 0.15) is 6.04 Å². The lowest BCUT2D eigenvalue weighted by Crippen LogP contribution is -2.57. The maximum atomic E-state index is 11.9. The molecule has 0 bridgehead atoms. The second-order valence-corrected chi connectivity index (χ2v) is 4.00. The number of hydrogen-bond acceptors (Lipinski definition) is 2. The van der Waals surface area contributed by atoms with Crippen molar-refractivity contribution in [2.24, 2.45) is 0 Å². The van der Waals surface area contributed by atoms with Gasteiger partial charge in [-0.2, -0.15) is 0 Å². The number of carbonyl (C=O) groups is 2. The fourth-order valence-electron chi connectivity index (χ4n) is 2.32. The number of carbonyl (C=O) groups excluding carboxylic acids is 2. The van der Waals surface area contributed by atoms with Crippen molar-refractivity contribution in [1.82, 2.24) is 9.80 Å². The smallest absolute Gasteiger partial charge is 0.245 e. The van der Waals surface area contributed by atoms with Crippen LogP contribution in [0.1, 0.15) is 26.2 Å². The molecule has 2 rings (SSSR count). The molecule has 14 heavy (non-hydrogen) atoms. The highest BCUT2D eigenvalue weighted by Crippen LogP contribution is 2.23. The van der Waals surface area contributed by atoms with Gasteiger partial charge in [-0.3, -0.25) is 9.59 Å². The minimum absolute atomic E-state index is 0.126. The van der Waals surface area contributed by atoms with Crippen molar-refractivity contribution < 1.29 is 9.59 Å². The molecule has 2 fully saturated rings. The maximum absolute atomic E-state index is 11.9. The first kappa shape index (κ1) is 9.49. The van der Waals surface area contributed by atoms with Crippen LogP contribution in [0.2, 0.25) is 0 Å². The Balaban J connectivity index is 2.12. The second kappa shape index (κ2) is 3.59. The van der Waals surface area contributed by atoms with Crippen LogP contribution in [0.25, 0.3) is 0 Å². The molecule has 2 heterocycles. The fraction of sp³-hybridized carbons (Fsp3) is 0.800. The van der Waals surface area contributed by atoms with E-state index in [9.17, 15) is 9.59 Å². The summed E-state index contributed by atoms with van der Waals surface area (Å²) < 4.78 is 0. The number of nitrogens with zero attached hydrogens (tertiary/aromatic N) is 2. The van der Waals surface area contributed by atoms with Crippen LogP contribution in [-0.2, 0) is 9.59 Å². The molecule has 1 unspecified atom stereocenters. The highest BCUT2D eigenvalue weighted by Gasteiger charge is 2.41. The summed E-state index contributed by atoms with van der Waals surface area (Å²) in [7, 11) is 0. The molecule has 1 atom stereocenters. The summed E-state index contributed by atoms with van der Waals surface area (Å²) in [5.41, 5.74) is 0. The van der Waals surface area contributed by atoms with Crippen molar-refractivity contribution in [3.05, 3.63) is 0 Å². The standard InChI is InChI=1S/C10H16N2O2/c1-2-5-11-7-9(13)12-6-3-4-8(12)10(11)14/h8H,2-7H2,1H3. The van der Waals surface area contributed by atoms with Crippen molar-refractivity contribution in [3.63, 3.8) is 0 Å². The zero-order valence-corrected chi connectivity index (χ0v) is 8.53.